The van der Waals surface area contributed by atoms with Gasteiger partial charge >= 0.3 is 0 Å². The van der Waals surface area contributed by atoms with Crippen molar-refractivity contribution in [3.8, 4) is 11.5 Å². The highest BCUT2D eigenvalue weighted by Crippen LogP contribution is 2.25. The van der Waals surface area contributed by atoms with E-state index in [0.29, 0.717) is 23.8 Å². The number of methoxy groups -OCH3 is 1. The minimum Gasteiger partial charge on any atom is -0.496 e. The number of carbonyl (C=O) groups is 1. The van der Waals surface area contributed by atoms with Crippen LogP contribution in [-0.2, 0) is 11.2 Å². The van der Waals surface area contributed by atoms with E-state index >= 15 is 0 Å². The molecule has 0 fully saturated rings. The number of hydrogen-bond donors (Lipinski definition) is 1. The van der Waals surface area contributed by atoms with Gasteiger partial charge in [0.2, 0.25) is 5.91 Å². The van der Waals surface area contributed by atoms with Crippen LogP contribution in [0.15, 0.2) is 48.5 Å². The second-order valence-corrected chi connectivity index (χ2v) is 4.88. The predicted molar refractivity (Wildman–Crippen MR) is 87.6 cm³/mol. The average Bonchev–Trinajstić information content (AvgIpc) is 2.54. The van der Waals surface area contributed by atoms with Gasteiger partial charge in [-0.15, -0.1) is 0 Å². The molecule has 22 heavy (non-hydrogen) atoms. The first-order chi connectivity index (χ1) is 10.7. The third-order valence-electron chi connectivity index (χ3n) is 3.17. The van der Waals surface area contributed by atoms with E-state index in [1.165, 1.54) is 0 Å². The van der Waals surface area contributed by atoms with Crippen LogP contribution in [0, 0.1) is 0 Å². The minimum absolute atomic E-state index is 0.1000. The summed E-state index contributed by atoms with van der Waals surface area (Å²) in [4.78, 5) is 12.3. The normalized spacial score (nSPS) is 10.1. The van der Waals surface area contributed by atoms with E-state index in [9.17, 15) is 4.79 Å². The summed E-state index contributed by atoms with van der Waals surface area (Å²) in [5.41, 5.74) is 1.55. The highest BCUT2D eigenvalue weighted by atomic mass is 16.5. The molecule has 0 bridgehead atoms. The summed E-state index contributed by atoms with van der Waals surface area (Å²) < 4.78 is 10.9. The molecule has 0 spiro atoms. The summed E-state index contributed by atoms with van der Waals surface area (Å²) in [5.74, 6) is 1.31. The lowest BCUT2D eigenvalue weighted by atomic mass is 10.1. The Bertz CT molecular complexity index is 625. The van der Waals surface area contributed by atoms with Gasteiger partial charge in [-0.2, -0.15) is 0 Å². The third-order valence-corrected chi connectivity index (χ3v) is 3.17. The number of rotatable bonds is 7. The van der Waals surface area contributed by atoms with Crippen LogP contribution in [0.5, 0.6) is 11.5 Å². The Morgan fingerprint density at radius 2 is 1.73 bits per heavy atom. The van der Waals surface area contributed by atoms with Crippen LogP contribution in [0.25, 0.3) is 0 Å². The number of hydrogen-bond acceptors (Lipinski definition) is 3. The molecule has 0 aliphatic heterocycles. The van der Waals surface area contributed by atoms with Crippen molar-refractivity contribution in [2.45, 2.75) is 19.8 Å². The van der Waals surface area contributed by atoms with E-state index in [1.54, 1.807) is 7.11 Å². The molecule has 0 aliphatic rings. The van der Waals surface area contributed by atoms with Crippen molar-refractivity contribution in [3.05, 3.63) is 54.1 Å². The summed E-state index contributed by atoms with van der Waals surface area (Å²) in [6.07, 6.45) is 1.18. The quantitative estimate of drug-likeness (QED) is 0.848. The maximum Gasteiger partial charge on any atom is 0.229 e. The minimum atomic E-state index is -0.1000. The fourth-order valence-electron chi connectivity index (χ4n) is 2.12. The van der Waals surface area contributed by atoms with Gasteiger partial charge in [0.1, 0.15) is 11.5 Å². The zero-order valence-corrected chi connectivity index (χ0v) is 13.0. The molecule has 0 radical (unpaired) electrons. The van der Waals surface area contributed by atoms with E-state index < -0.39 is 0 Å². The molecule has 4 heteroatoms. The summed E-state index contributed by atoms with van der Waals surface area (Å²) in [6.45, 7) is 2.67. The Morgan fingerprint density at radius 3 is 2.45 bits per heavy atom. The molecule has 116 valence electrons. The van der Waals surface area contributed by atoms with Crippen molar-refractivity contribution in [3.63, 3.8) is 0 Å². The molecule has 0 saturated heterocycles. The topological polar surface area (TPSA) is 47.6 Å². The second-order valence-electron chi connectivity index (χ2n) is 4.88. The summed E-state index contributed by atoms with van der Waals surface area (Å²) in [7, 11) is 1.60. The number of carbonyl (C=O) groups excluding carboxylic acids is 1. The Kier molecular flexibility index (Phi) is 5.83. The highest BCUT2D eigenvalue weighted by Gasteiger charge is 2.11. The Labute approximate surface area is 131 Å². The maximum atomic E-state index is 12.3. The van der Waals surface area contributed by atoms with E-state index in [0.717, 1.165) is 12.0 Å². The van der Waals surface area contributed by atoms with Crippen LogP contribution in [0.1, 0.15) is 18.9 Å². The van der Waals surface area contributed by atoms with Gasteiger partial charge in [-0.1, -0.05) is 37.3 Å². The zero-order valence-electron chi connectivity index (χ0n) is 13.0. The summed E-state index contributed by atoms with van der Waals surface area (Å²) in [5, 5.41) is 2.90. The largest absolute Gasteiger partial charge is 0.496 e. The fourth-order valence-corrected chi connectivity index (χ4v) is 2.12. The molecular formula is C18H21NO3. The van der Waals surface area contributed by atoms with E-state index in [2.05, 4.69) is 5.32 Å². The lowest BCUT2D eigenvalue weighted by Gasteiger charge is -2.12. The standard InChI is InChI=1S/C18H21NO3/c1-3-12-22-17-11-7-5-9-15(17)19-18(20)13-14-8-4-6-10-16(14)21-2/h4-11H,3,12-13H2,1-2H3,(H,19,20). The summed E-state index contributed by atoms with van der Waals surface area (Å²) in [6, 6.07) is 15.0. The number of amides is 1. The molecule has 1 N–H and O–H groups in total. The van der Waals surface area contributed by atoms with Crippen molar-refractivity contribution in [1.29, 1.82) is 0 Å². The van der Waals surface area contributed by atoms with Gasteiger partial charge in [0.05, 0.1) is 25.8 Å². The van der Waals surface area contributed by atoms with E-state index in [1.807, 2.05) is 55.5 Å². The van der Waals surface area contributed by atoms with Crippen molar-refractivity contribution < 1.29 is 14.3 Å². The smallest absolute Gasteiger partial charge is 0.229 e. The highest BCUT2D eigenvalue weighted by molar-refractivity contribution is 5.94. The van der Waals surface area contributed by atoms with Crippen LogP contribution in [0.2, 0.25) is 0 Å². The molecule has 0 aliphatic carbocycles. The number of para-hydroxylation sites is 3. The SMILES string of the molecule is CCCOc1ccccc1NC(=O)Cc1ccccc1OC. The van der Waals surface area contributed by atoms with Gasteiger partial charge in [0.15, 0.2) is 0 Å². The molecule has 2 rings (SSSR count). The molecular weight excluding hydrogens is 278 g/mol. The van der Waals surface area contributed by atoms with Gasteiger partial charge in [-0.3, -0.25) is 4.79 Å². The molecule has 1 amide bonds. The molecule has 2 aromatic rings. The van der Waals surface area contributed by atoms with Crippen LogP contribution in [-0.4, -0.2) is 19.6 Å². The predicted octanol–water partition coefficient (Wildman–Crippen LogP) is 3.67. The lowest BCUT2D eigenvalue weighted by molar-refractivity contribution is -0.115. The van der Waals surface area contributed by atoms with E-state index in [-0.39, 0.29) is 12.3 Å². The number of anilines is 1. The first-order valence-electron chi connectivity index (χ1n) is 7.38. The number of nitrogens with one attached hydrogen (secondary N) is 1. The average molecular weight is 299 g/mol. The lowest BCUT2D eigenvalue weighted by Crippen LogP contribution is -2.15. The van der Waals surface area contributed by atoms with Gasteiger partial charge in [-0.05, 0) is 24.6 Å². The monoisotopic (exact) mass is 299 g/mol. The van der Waals surface area contributed by atoms with Gasteiger partial charge in [-0.25, -0.2) is 0 Å². The molecule has 0 unspecified atom stereocenters. The number of benzene rings is 2. The van der Waals surface area contributed by atoms with Crippen LogP contribution >= 0.6 is 0 Å². The Hall–Kier alpha value is -2.49. The van der Waals surface area contributed by atoms with Crippen molar-refractivity contribution in [2.75, 3.05) is 19.0 Å². The molecule has 0 atom stereocenters. The molecule has 2 aromatic carbocycles. The van der Waals surface area contributed by atoms with Gasteiger partial charge < -0.3 is 14.8 Å². The first-order valence-corrected chi connectivity index (χ1v) is 7.38. The first kappa shape index (κ1) is 15.9. The molecule has 0 aromatic heterocycles. The van der Waals surface area contributed by atoms with Gasteiger partial charge in [0, 0.05) is 5.56 Å². The molecule has 0 saturated carbocycles. The van der Waals surface area contributed by atoms with E-state index in [4.69, 9.17) is 9.47 Å². The third kappa shape index (κ3) is 4.25. The number of ether oxygens (including phenoxy) is 2. The summed E-state index contributed by atoms with van der Waals surface area (Å²) >= 11 is 0. The zero-order chi connectivity index (χ0) is 15.8. The van der Waals surface area contributed by atoms with Crippen molar-refractivity contribution in [2.24, 2.45) is 0 Å². The Morgan fingerprint density at radius 1 is 1.05 bits per heavy atom. The maximum absolute atomic E-state index is 12.3. The molecule has 4 nitrogen and oxygen atoms in total. The van der Waals surface area contributed by atoms with Crippen LogP contribution in [0.3, 0.4) is 0 Å². The van der Waals surface area contributed by atoms with Gasteiger partial charge in [0.25, 0.3) is 0 Å². The van der Waals surface area contributed by atoms with Crippen molar-refractivity contribution >= 4 is 11.6 Å². The second kappa shape index (κ2) is 8.08. The molecule has 0 heterocycles. The Balaban J connectivity index is 2.06. The van der Waals surface area contributed by atoms with Crippen LogP contribution in [0.4, 0.5) is 5.69 Å². The van der Waals surface area contributed by atoms with Crippen molar-refractivity contribution in [1.82, 2.24) is 0 Å². The fraction of sp³-hybridized carbons (Fsp3) is 0.278. The van der Waals surface area contributed by atoms with Crippen LogP contribution < -0.4 is 14.8 Å².